The van der Waals surface area contributed by atoms with Crippen LogP contribution in [0.2, 0.25) is 0 Å². The summed E-state index contributed by atoms with van der Waals surface area (Å²) in [4.78, 5) is 39.1. The molecule has 3 aromatic carbocycles. The standard InChI is InChI=1S/C25H22FN3O3/c1-2-25(19-10-12-20(26)13-11-19)23(31)29(24(32)28-25)16-22(30)27-21-14-8-18(9-15-21)17-6-4-3-5-7-17/h3-15H,2,16H2,1H3,(H,27,30)(H,28,32). The summed E-state index contributed by atoms with van der Waals surface area (Å²) in [5.41, 5.74) is 1.77. The van der Waals surface area contributed by atoms with E-state index >= 15 is 0 Å². The lowest BCUT2D eigenvalue weighted by Crippen LogP contribution is -2.44. The molecule has 162 valence electrons. The molecule has 3 aromatic rings. The quantitative estimate of drug-likeness (QED) is 0.572. The van der Waals surface area contributed by atoms with Gasteiger partial charge in [-0.2, -0.15) is 0 Å². The molecule has 1 fully saturated rings. The lowest BCUT2D eigenvalue weighted by atomic mass is 9.87. The summed E-state index contributed by atoms with van der Waals surface area (Å²) in [6, 6.07) is 21.9. The molecule has 0 bridgehead atoms. The highest BCUT2D eigenvalue weighted by atomic mass is 19.1. The van der Waals surface area contributed by atoms with Crippen molar-refractivity contribution in [3.05, 3.63) is 90.2 Å². The molecule has 32 heavy (non-hydrogen) atoms. The van der Waals surface area contributed by atoms with Gasteiger partial charge in [0.25, 0.3) is 5.91 Å². The molecule has 2 N–H and O–H groups in total. The topological polar surface area (TPSA) is 78.5 Å². The van der Waals surface area contributed by atoms with Gasteiger partial charge in [0.1, 0.15) is 17.9 Å². The molecular weight excluding hydrogens is 409 g/mol. The van der Waals surface area contributed by atoms with Gasteiger partial charge >= 0.3 is 6.03 Å². The van der Waals surface area contributed by atoms with Gasteiger partial charge in [-0.25, -0.2) is 9.18 Å². The number of carbonyl (C=O) groups excluding carboxylic acids is 3. The van der Waals surface area contributed by atoms with Crippen LogP contribution in [0.4, 0.5) is 14.9 Å². The van der Waals surface area contributed by atoms with E-state index in [-0.39, 0.29) is 6.42 Å². The Balaban J connectivity index is 1.45. The smallest absolute Gasteiger partial charge is 0.325 e. The van der Waals surface area contributed by atoms with Crippen LogP contribution in [-0.4, -0.2) is 29.3 Å². The van der Waals surface area contributed by atoms with Crippen LogP contribution in [0, 0.1) is 5.82 Å². The lowest BCUT2D eigenvalue weighted by molar-refractivity contribution is -0.134. The number of benzene rings is 3. The van der Waals surface area contributed by atoms with Crippen molar-refractivity contribution in [2.24, 2.45) is 0 Å². The Kier molecular flexibility index (Phi) is 5.73. The molecule has 1 unspecified atom stereocenters. The highest BCUT2D eigenvalue weighted by molar-refractivity contribution is 6.10. The first-order chi connectivity index (χ1) is 15.4. The third kappa shape index (κ3) is 3.97. The second-order valence-corrected chi connectivity index (χ2v) is 7.58. The minimum absolute atomic E-state index is 0.266. The van der Waals surface area contributed by atoms with Crippen molar-refractivity contribution in [2.45, 2.75) is 18.9 Å². The summed E-state index contributed by atoms with van der Waals surface area (Å²) in [6.07, 6.45) is 0.266. The van der Waals surface area contributed by atoms with Crippen LogP contribution >= 0.6 is 0 Å². The van der Waals surface area contributed by atoms with E-state index in [1.807, 2.05) is 42.5 Å². The van der Waals surface area contributed by atoms with Gasteiger partial charge < -0.3 is 10.6 Å². The summed E-state index contributed by atoms with van der Waals surface area (Å²) in [6.45, 7) is 1.33. The molecule has 1 saturated heterocycles. The van der Waals surface area contributed by atoms with Crippen LogP contribution in [0.1, 0.15) is 18.9 Å². The molecule has 1 atom stereocenters. The normalized spacial score (nSPS) is 17.9. The van der Waals surface area contributed by atoms with Crippen LogP contribution in [-0.2, 0) is 15.1 Å². The predicted molar refractivity (Wildman–Crippen MR) is 119 cm³/mol. The van der Waals surface area contributed by atoms with Gasteiger partial charge in [-0.15, -0.1) is 0 Å². The van der Waals surface area contributed by atoms with Crippen molar-refractivity contribution in [3.63, 3.8) is 0 Å². The van der Waals surface area contributed by atoms with E-state index in [0.29, 0.717) is 11.3 Å². The minimum atomic E-state index is -1.32. The zero-order valence-corrected chi connectivity index (χ0v) is 17.5. The Bertz CT molecular complexity index is 1150. The fourth-order valence-electron chi connectivity index (χ4n) is 3.86. The summed E-state index contributed by atoms with van der Waals surface area (Å²) in [7, 11) is 0. The van der Waals surface area contributed by atoms with Gasteiger partial charge in [0.05, 0.1) is 0 Å². The third-order valence-corrected chi connectivity index (χ3v) is 5.62. The molecule has 4 amide bonds. The number of amides is 4. The van der Waals surface area contributed by atoms with E-state index in [4.69, 9.17) is 0 Å². The Morgan fingerprint density at radius 2 is 1.56 bits per heavy atom. The van der Waals surface area contributed by atoms with Crippen molar-refractivity contribution in [1.29, 1.82) is 0 Å². The van der Waals surface area contributed by atoms with Crippen molar-refractivity contribution >= 4 is 23.5 Å². The molecule has 0 spiro atoms. The number of carbonyl (C=O) groups is 3. The van der Waals surface area contributed by atoms with E-state index in [1.54, 1.807) is 19.1 Å². The summed E-state index contributed by atoms with van der Waals surface area (Å²) in [5, 5.41) is 5.40. The van der Waals surface area contributed by atoms with Crippen LogP contribution in [0.15, 0.2) is 78.9 Å². The third-order valence-electron chi connectivity index (χ3n) is 5.62. The molecule has 1 aliphatic rings. The molecule has 7 heteroatoms. The first-order valence-corrected chi connectivity index (χ1v) is 10.3. The number of halogens is 1. The van der Waals surface area contributed by atoms with E-state index in [0.717, 1.165) is 16.0 Å². The van der Waals surface area contributed by atoms with Crippen molar-refractivity contribution in [2.75, 3.05) is 11.9 Å². The van der Waals surface area contributed by atoms with Crippen LogP contribution in [0.3, 0.4) is 0 Å². The van der Waals surface area contributed by atoms with Crippen molar-refractivity contribution in [3.8, 4) is 11.1 Å². The maximum atomic E-state index is 13.3. The number of imide groups is 1. The Morgan fingerprint density at radius 3 is 2.19 bits per heavy atom. The molecular formula is C25H22FN3O3. The fourth-order valence-corrected chi connectivity index (χ4v) is 3.86. The molecule has 0 aromatic heterocycles. The summed E-state index contributed by atoms with van der Waals surface area (Å²) < 4.78 is 13.3. The fraction of sp³-hybridized carbons (Fsp3) is 0.160. The SMILES string of the molecule is CCC1(c2ccc(F)cc2)NC(=O)N(CC(=O)Nc2ccc(-c3ccccc3)cc2)C1=O. The van der Waals surface area contributed by atoms with Gasteiger partial charge in [-0.05, 0) is 47.4 Å². The average Bonchev–Trinajstić information content (AvgIpc) is 3.05. The molecule has 1 heterocycles. The predicted octanol–water partition coefficient (Wildman–Crippen LogP) is 4.29. The van der Waals surface area contributed by atoms with Gasteiger partial charge in [-0.1, -0.05) is 61.5 Å². The number of nitrogens with one attached hydrogen (secondary N) is 2. The average molecular weight is 431 g/mol. The highest BCUT2D eigenvalue weighted by Gasteiger charge is 2.51. The molecule has 0 radical (unpaired) electrons. The molecule has 6 nitrogen and oxygen atoms in total. The number of nitrogens with zero attached hydrogens (tertiary/aromatic N) is 1. The second-order valence-electron chi connectivity index (χ2n) is 7.58. The monoisotopic (exact) mass is 431 g/mol. The number of urea groups is 1. The van der Waals surface area contributed by atoms with E-state index in [1.165, 1.54) is 24.3 Å². The van der Waals surface area contributed by atoms with Gasteiger partial charge in [0.15, 0.2) is 0 Å². The zero-order valence-electron chi connectivity index (χ0n) is 17.5. The lowest BCUT2D eigenvalue weighted by Gasteiger charge is -2.25. The van der Waals surface area contributed by atoms with Crippen LogP contribution < -0.4 is 10.6 Å². The number of rotatable bonds is 6. The number of hydrogen-bond donors (Lipinski definition) is 2. The number of anilines is 1. The number of hydrogen-bond acceptors (Lipinski definition) is 3. The second kappa shape index (κ2) is 8.63. The Labute approximate surface area is 185 Å². The van der Waals surface area contributed by atoms with E-state index in [2.05, 4.69) is 10.6 Å². The van der Waals surface area contributed by atoms with Gasteiger partial charge in [-0.3, -0.25) is 14.5 Å². The van der Waals surface area contributed by atoms with Crippen LogP contribution in [0.25, 0.3) is 11.1 Å². The highest BCUT2D eigenvalue weighted by Crippen LogP contribution is 2.32. The van der Waals surface area contributed by atoms with Crippen molar-refractivity contribution < 1.29 is 18.8 Å². The molecule has 0 saturated carbocycles. The van der Waals surface area contributed by atoms with Gasteiger partial charge in [0.2, 0.25) is 5.91 Å². The van der Waals surface area contributed by atoms with Crippen molar-refractivity contribution in [1.82, 2.24) is 10.2 Å². The maximum absolute atomic E-state index is 13.3. The first-order valence-electron chi connectivity index (χ1n) is 10.3. The Morgan fingerprint density at radius 1 is 0.938 bits per heavy atom. The minimum Gasteiger partial charge on any atom is -0.325 e. The molecule has 0 aliphatic carbocycles. The van der Waals surface area contributed by atoms with E-state index in [9.17, 15) is 18.8 Å². The molecule has 1 aliphatic heterocycles. The van der Waals surface area contributed by atoms with E-state index < -0.39 is 35.7 Å². The van der Waals surface area contributed by atoms with Crippen LogP contribution in [0.5, 0.6) is 0 Å². The Hall–Kier alpha value is -4.00. The first kappa shape index (κ1) is 21.2. The largest absolute Gasteiger partial charge is 0.325 e. The summed E-state index contributed by atoms with van der Waals surface area (Å²) in [5.74, 6) is -1.47. The molecule has 4 rings (SSSR count). The maximum Gasteiger partial charge on any atom is 0.325 e. The zero-order chi connectivity index (χ0) is 22.7. The van der Waals surface area contributed by atoms with Gasteiger partial charge in [0, 0.05) is 5.69 Å². The summed E-state index contributed by atoms with van der Waals surface area (Å²) >= 11 is 0.